The first-order chi connectivity index (χ1) is 15.8. The molecule has 2 aromatic carbocycles. The molecule has 0 unspecified atom stereocenters. The summed E-state index contributed by atoms with van der Waals surface area (Å²) in [4.78, 5) is 15.5. The number of nitrogens with one attached hydrogen (secondary N) is 1. The number of rotatable bonds is 7. The number of fused-ring (bicyclic) bond motifs is 1. The maximum absolute atomic E-state index is 13.4. The Kier molecular flexibility index (Phi) is 7.24. The van der Waals surface area contributed by atoms with Crippen molar-refractivity contribution >= 4 is 21.6 Å². The minimum absolute atomic E-state index is 0.0664. The Morgan fingerprint density at radius 1 is 1.09 bits per heavy atom. The lowest BCUT2D eigenvalue weighted by Gasteiger charge is -2.34. The average molecular weight is 472 g/mol. The Labute approximate surface area is 196 Å². The summed E-state index contributed by atoms with van der Waals surface area (Å²) in [6.07, 6.45) is 2.41. The summed E-state index contributed by atoms with van der Waals surface area (Å²) in [7, 11) is -3.84. The molecule has 8 heteroatoms. The smallest absolute Gasteiger partial charge is 0.264 e. The molecule has 1 N–H and O–H groups in total. The van der Waals surface area contributed by atoms with Crippen LogP contribution in [0.15, 0.2) is 53.4 Å². The molecule has 0 radical (unpaired) electrons. The van der Waals surface area contributed by atoms with Crippen LogP contribution in [-0.4, -0.2) is 58.1 Å². The summed E-state index contributed by atoms with van der Waals surface area (Å²) in [5, 5.41) is 2.94. The zero-order valence-corrected chi connectivity index (χ0v) is 20.2. The van der Waals surface area contributed by atoms with Gasteiger partial charge >= 0.3 is 0 Å². The van der Waals surface area contributed by atoms with Crippen molar-refractivity contribution in [3.05, 3.63) is 54.1 Å². The fourth-order valence-corrected chi connectivity index (χ4v) is 5.79. The van der Waals surface area contributed by atoms with E-state index in [1.165, 1.54) is 17.1 Å². The molecule has 33 heavy (non-hydrogen) atoms. The lowest BCUT2D eigenvalue weighted by molar-refractivity contribution is -0.127. The molecule has 1 atom stereocenters. The van der Waals surface area contributed by atoms with Gasteiger partial charge in [0, 0.05) is 6.54 Å². The van der Waals surface area contributed by atoms with Crippen LogP contribution in [0.4, 0.5) is 5.69 Å². The van der Waals surface area contributed by atoms with Crippen molar-refractivity contribution in [1.82, 2.24) is 10.2 Å². The second-order valence-electron chi connectivity index (χ2n) is 9.09. The molecule has 1 saturated heterocycles. The molecule has 2 aliphatic heterocycles. The second kappa shape index (κ2) is 10.1. The Hall–Kier alpha value is -2.58. The van der Waals surface area contributed by atoms with E-state index in [0.717, 1.165) is 37.5 Å². The van der Waals surface area contributed by atoms with E-state index in [4.69, 9.17) is 4.74 Å². The molecule has 178 valence electrons. The van der Waals surface area contributed by atoms with Crippen LogP contribution in [-0.2, 0) is 14.8 Å². The molecule has 1 fully saturated rings. The zero-order chi connectivity index (χ0) is 23.4. The second-order valence-corrected chi connectivity index (χ2v) is 11.0. The van der Waals surface area contributed by atoms with Crippen LogP contribution in [0.1, 0.15) is 31.7 Å². The predicted octanol–water partition coefficient (Wildman–Crippen LogP) is 3.19. The number of hydrogen-bond donors (Lipinski definition) is 1. The van der Waals surface area contributed by atoms with Gasteiger partial charge in [-0.25, -0.2) is 8.42 Å². The number of likely N-dealkylation sites (tertiary alicyclic amines) is 1. The van der Waals surface area contributed by atoms with Gasteiger partial charge in [-0.15, -0.1) is 0 Å². The largest absolute Gasteiger partial charge is 0.476 e. The van der Waals surface area contributed by atoms with Crippen molar-refractivity contribution in [2.75, 3.05) is 37.0 Å². The number of para-hydroxylation sites is 2. The van der Waals surface area contributed by atoms with Crippen molar-refractivity contribution in [3.8, 4) is 5.75 Å². The van der Waals surface area contributed by atoms with Crippen LogP contribution in [0, 0.1) is 12.8 Å². The van der Waals surface area contributed by atoms with Gasteiger partial charge in [0.2, 0.25) is 0 Å². The van der Waals surface area contributed by atoms with Gasteiger partial charge in [0.15, 0.2) is 6.10 Å². The molecule has 7 nitrogen and oxygen atoms in total. The number of aryl methyl sites for hydroxylation is 1. The summed E-state index contributed by atoms with van der Waals surface area (Å²) in [6.45, 7) is 7.86. The number of carbonyl (C=O) groups excluding carboxylic acids is 1. The topological polar surface area (TPSA) is 79.0 Å². The standard InChI is InChI=1S/C25H33N3O4S/c1-19-8-10-21(11-9-19)33(30,31)28-18-24(32-23-7-4-3-6-22(23)28)25(29)26-14-5-15-27-16-12-20(2)13-17-27/h3-4,6-11,20,24H,5,12-18H2,1-2H3,(H,26,29)/t24-/m0/s1. The summed E-state index contributed by atoms with van der Waals surface area (Å²) in [5.74, 6) is 0.898. The molecular weight excluding hydrogens is 438 g/mol. The highest BCUT2D eigenvalue weighted by Crippen LogP contribution is 2.36. The van der Waals surface area contributed by atoms with E-state index in [9.17, 15) is 13.2 Å². The molecule has 0 bridgehead atoms. The first-order valence-electron chi connectivity index (χ1n) is 11.7. The van der Waals surface area contributed by atoms with Gasteiger partial charge < -0.3 is 15.0 Å². The molecule has 0 saturated carbocycles. The van der Waals surface area contributed by atoms with E-state index < -0.39 is 16.1 Å². The van der Waals surface area contributed by atoms with Crippen LogP contribution in [0.3, 0.4) is 0 Å². The predicted molar refractivity (Wildman–Crippen MR) is 129 cm³/mol. The number of sulfonamides is 1. The van der Waals surface area contributed by atoms with Crippen LogP contribution in [0.25, 0.3) is 0 Å². The van der Waals surface area contributed by atoms with Gasteiger partial charge in [-0.2, -0.15) is 0 Å². The van der Waals surface area contributed by atoms with Crippen molar-refractivity contribution in [2.45, 2.75) is 44.1 Å². The van der Waals surface area contributed by atoms with Gasteiger partial charge in [-0.05, 0) is 76.0 Å². The van der Waals surface area contributed by atoms with E-state index in [1.54, 1.807) is 48.5 Å². The highest BCUT2D eigenvalue weighted by Gasteiger charge is 2.37. The monoisotopic (exact) mass is 471 g/mol. The normalized spacial score (nSPS) is 19.6. The van der Waals surface area contributed by atoms with E-state index in [1.807, 2.05) is 6.92 Å². The van der Waals surface area contributed by atoms with Crippen LogP contribution in [0.2, 0.25) is 0 Å². The summed E-state index contributed by atoms with van der Waals surface area (Å²) in [5.41, 5.74) is 1.43. The number of amides is 1. The molecule has 2 aliphatic rings. The average Bonchev–Trinajstić information content (AvgIpc) is 2.82. The lowest BCUT2D eigenvalue weighted by atomic mass is 9.99. The maximum atomic E-state index is 13.4. The molecule has 1 amide bonds. The van der Waals surface area contributed by atoms with Gasteiger partial charge in [0.25, 0.3) is 15.9 Å². The summed E-state index contributed by atoms with van der Waals surface area (Å²) in [6, 6.07) is 13.7. The zero-order valence-electron chi connectivity index (χ0n) is 19.4. The lowest BCUT2D eigenvalue weighted by Crippen LogP contribution is -2.51. The Bertz CT molecular complexity index is 1060. The third-order valence-corrected chi connectivity index (χ3v) is 8.26. The van der Waals surface area contributed by atoms with Gasteiger partial charge in [-0.3, -0.25) is 9.10 Å². The number of benzene rings is 2. The minimum atomic E-state index is -3.84. The minimum Gasteiger partial charge on any atom is -0.476 e. The highest BCUT2D eigenvalue weighted by molar-refractivity contribution is 7.92. The van der Waals surface area contributed by atoms with Crippen molar-refractivity contribution in [2.24, 2.45) is 5.92 Å². The van der Waals surface area contributed by atoms with E-state index in [2.05, 4.69) is 17.1 Å². The third-order valence-electron chi connectivity index (χ3n) is 6.46. The molecule has 0 aliphatic carbocycles. The first kappa shape index (κ1) is 23.6. The molecule has 2 heterocycles. The molecule has 2 aromatic rings. The Morgan fingerprint density at radius 3 is 2.52 bits per heavy atom. The molecule has 0 spiro atoms. The van der Waals surface area contributed by atoms with Crippen molar-refractivity contribution < 1.29 is 17.9 Å². The number of nitrogens with zero attached hydrogens (tertiary/aromatic N) is 2. The quantitative estimate of drug-likeness (QED) is 0.628. The van der Waals surface area contributed by atoms with Crippen molar-refractivity contribution in [1.29, 1.82) is 0 Å². The molecule has 0 aromatic heterocycles. The number of anilines is 1. The molecular formula is C25H33N3O4S. The van der Waals surface area contributed by atoms with Crippen LogP contribution >= 0.6 is 0 Å². The SMILES string of the molecule is Cc1ccc(S(=O)(=O)N2C[C@@H](C(=O)NCCCN3CCC(C)CC3)Oc3ccccc32)cc1. The van der Waals surface area contributed by atoms with Gasteiger partial charge in [0.05, 0.1) is 17.1 Å². The highest BCUT2D eigenvalue weighted by atomic mass is 32.2. The number of carbonyl (C=O) groups is 1. The summed E-state index contributed by atoms with van der Waals surface area (Å²) < 4.78 is 34.0. The number of piperidine rings is 1. The van der Waals surface area contributed by atoms with Crippen LogP contribution in [0.5, 0.6) is 5.75 Å². The maximum Gasteiger partial charge on any atom is 0.264 e. The Balaban J connectivity index is 1.41. The van der Waals surface area contributed by atoms with E-state index in [-0.39, 0.29) is 17.3 Å². The fraction of sp³-hybridized carbons (Fsp3) is 0.480. The first-order valence-corrected chi connectivity index (χ1v) is 13.1. The summed E-state index contributed by atoms with van der Waals surface area (Å²) >= 11 is 0. The van der Waals surface area contributed by atoms with E-state index in [0.29, 0.717) is 18.0 Å². The third kappa shape index (κ3) is 5.50. The fourth-order valence-electron chi connectivity index (χ4n) is 4.32. The van der Waals surface area contributed by atoms with Crippen molar-refractivity contribution in [3.63, 3.8) is 0 Å². The van der Waals surface area contributed by atoms with Gasteiger partial charge in [0.1, 0.15) is 5.75 Å². The van der Waals surface area contributed by atoms with Gasteiger partial charge in [-0.1, -0.05) is 36.8 Å². The van der Waals surface area contributed by atoms with Crippen LogP contribution < -0.4 is 14.4 Å². The molecule has 4 rings (SSSR count). The number of hydrogen-bond acceptors (Lipinski definition) is 5. The van der Waals surface area contributed by atoms with E-state index >= 15 is 0 Å². The Morgan fingerprint density at radius 2 is 1.79 bits per heavy atom. The number of ether oxygens (including phenoxy) is 1.